The lowest BCUT2D eigenvalue weighted by Crippen LogP contribution is -2.52. The van der Waals surface area contributed by atoms with Gasteiger partial charge in [0.25, 0.3) is 0 Å². The van der Waals surface area contributed by atoms with Crippen LogP contribution in [-0.4, -0.2) is 17.2 Å². The van der Waals surface area contributed by atoms with Gasteiger partial charge in [-0.3, -0.25) is 4.79 Å². The number of ether oxygens (including phenoxy) is 1. The maximum absolute atomic E-state index is 12.1. The van der Waals surface area contributed by atoms with Crippen molar-refractivity contribution in [3.8, 4) is 0 Å². The lowest BCUT2D eigenvalue weighted by atomic mass is 9.47. The minimum atomic E-state index is -1.03. The monoisotopic (exact) mass is 511 g/mol. The molecular formula is C27H34BrN3O2. The predicted octanol–water partition coefficient (Wildman–Crippen LogP) is 7.46. The molecule has 0 aliphatic heterocycles. The fraction of sp³-hybridized carbons (Fsp3) is 0.667. The Hall–Kier alpha value is -1.62. The molecule has 0 radical (unpaired) electrons. The number of halogens is 1. The lowest BCUT2D eigenvalue weighted by Gasteiger charge is -2.58. The van der Waals surface area contributed by atoms with Gasteiger partial charge in [-0.1, -0.05) is 70.8 Å². The summed E-state index contributed by atoms with van der Waals surface area (Å²) in [6.07, 6.45) is 10.5. The molecule has 7 atom stereocenters. The maximum Gasteiger partial charge on any atom is 0.181 e. The molecule has 176 valence electrons. The quantitative estimate of drug-likeness (QED) is 0.178. The Balaban J connectivity index is 1.43. The van der Waals surface area contributed by atoms with Crippen LogP contribution in [0, 0.1) is 28.6 Å². The Morgan fingerprint density at radius 1 is 1.12 bits per heavy atom. The van der Waals surface area contributed by atoms with E-state index in [4.69, 9.17) is 4.74 Å². The summed E-state index contributed by atoms with van der Waals surface area (Å²) in [6, 6.07) is 9.88. The lowest BCUT2D eigenvalue weighted by molar-refractivity contribution is -0.150. The van der Waals surface area contributed by atoms with Gasteiger partial charge >= 0.3 is 0 Å². The van der Waals surface area contributed by atoms with Crippen molar-refractivity contribution in [2.45, 2.75) is 77.0 Å². The topological polar surface area (TPSA) is 75.1 Å². The molecule has 1 aromatic carbocycles. The fourth-order valence-corrected chi connectivity index (χ4v) is 8.56. The van der Waals surface area contributed by atoms with Gasteiger partial charge < -0.3 is 4.74 Å². The van der Waals surface area contributed by atoms with Crippen LogP contribution in [0.15, 0.2) is 47.1 Å². The van der Waals surface area contributed by atoms with Crippen LogP contribution < -0.4 is 0 Å². The molecule has 5 nitrogen and oxygen atoms in total. The number of ketones is 1. The van der Waals surface area contributed by atoms with Crippen LogP contribution in [0.1, 0.15) is 70.8 Å². The van der Waals surface area contributed by atoms with Crippen LogP contribution in [0.5, 0.6) is 0 Å². The van der Waals surface area contributed by atoms with Gasteiger partial charge in [0, 0.05) is 16.7 Å². The zero-order chi connectivity index (χ0) is 23.3. The van der Waals surface area contributed by atoms with Gasteiger partial charge in [-0.2, -0.15) is 0 Å². The second-order valence-corrected chi connectivity index (χ2v) is 11.7. The highest BCUT2D eigenvalue weighted by molar-refractivity contribution is 9.09. The van der Waals surface area contributed by atoms with Crippen LogP contribution >= 0.6 is 15.9 Å². The Labute approximate surface area is 205 Å². The molecule has 4 aliphatic carbocycles. The van der Waals surface area contributed by atoms with Crippen molar-refractivity contribution < 1.29 is 9.53 Å². The first kappa shape index (κ1) is 23.1. The standard InChI is InChI=1S/C27H34BrN3O2/c1-25-14-12-20(32)16-19(25)8-9-21-22-10-11-24(26(22,2)15-13-23(21)25)33-27(17-28,30-31-29)18-6-4-3-5-7-18/h3-7,16,21-24H,8-15,17H2,1-2H3/t21-,22-,23-,24-,25-,26-,27?/m0/s1. The molecule has 33 heavy (non-hydrogen) atoms. The Bertz CT molecular complexity index is 1010. The van der Waals surface area contributed by atoms with E-state index in [0.29, 0.717) is 35.3 Å². The van der Waals surface area contributed by atoms with Crippen LogP contribution in [0.25, 0.3) is 10.4 Å². The van der Waals surface area contributed by atoms with E-state index in [1.54, 1.807) is 0 Å². The average Bonchev–Trinajstić information content (AvgIpc) is 3.15. The number of hydrogen-bond acceptors (Lipinski definition) is 3. The molecule has 0 spiro atoms. The van der Waals surface area contributed by atoms with E-state index in [9.17, 15) is 10.3 Å². The smallest absolute Gasteiger partial charge is 0.181 e. The molecule has 3 saturated carbocycles. The molecular weight excluding hydrogens is 478 g/mol. The summed E-state index contributed by atoms with van der Waals surface area (Å²) in [7, 11) is 0. The van der Waals surface area contributed by atoms with Crippen LogP contribution in [0.3, 0.4) is 0 Å². The number of alkyl halides is 1. The van der Waals surface area contributed by atoms with Gasteiger partial charge in [0.2, 0.25) is 0 Å². The molecule has 0 heterocycles. The van der Waals surface area contributed by atoms with Gasteiger partial charge in [0.05, 0.1) is 6.10 Å². The molecule has 6 heteroatoms. The van der Waals surface area contributed by atoms with Crippen molar-refractivity contribution in [3.63, 3.8) is 0 Å². The number of allylic oxidation sites excluding steroid dienone is 1. The van der Waals surface area contributed by atoms with E-state index in [2.05, 4.69) is 39.8 Å². The molecule has 1 unspecified atom stereocenters. The first-order valence-corrected chi connectivity index (χ1v) is 13.6. The normalized spacial score (nSPS) is 39.4. The van der Waals surface area contributed by atoms with Gasteiger partial charge in [-0.25, -0.2) is 0 Å². The molecule has 0 N–H and O–H groups in total. The number of rotatable bonds is 5. The third-order valence-corrected chi connectivity index (χ3v) is 10.6. The van der Waals surface area contributed by atoms with Crippen LogP contribution in [0.2, 0.25) is 0 Å². The average molecular weight is 512 g/mol. The summed E-state index contributed by atoms with van der Waals surface area (Å²) >= 11 is 3.61. The first-order valence-electron chi connectivity index (χ1n) is 12.5. The van der Waals surface area contributed by atoms with Gasteiger partial charge in [0.1, 0.15) is 0 Å². The summed E-state index contributed by atoms with van der Waals surface area (Å²) < 4.78 is 6.85. The summed E-state index contributed by atoms with van der Waals surface area (Å²) in [5.41, 5.74) is 10.9. The van der Waals surface area contributed by atoms with Crippen LogP contribution in [0.4, 0.5) is 0 Å². The largest absolute Gasteiger partial charge is 0.359 e. The Morgan fingerprint density at radius 3 is 2.64 bits per heavy atom. The molecule has 3 fully saturated rings. The number of benzene rings is 1. The van der Waals surface area contributed by atoms with Crippen molar-refractivity contribution in [2.75, 3.05) is 5.33 Å². The van der Waals surface area contributed by atoms with E-state index in [0.717, 1.165) is 31.2 Å². The molecule has 0 saturated heterocycles. The van der Waals surface area contributed by atoms with E-state index >= 15 is 0 Å². The highest BCUT2D eigenvalue weighted by atomic mass is 79.9. The fourth-order valence-electron chi connectivity index (χ4n) is 8.00. The zero-order valence-electron chi connectivity index (χ0n) is 19.7. The molecule has 4 aliphatic rings. The van der Waals surface area contributed by atoms with Crippen molar-refractivity contribution in [1.82, 2.24) is 0 Å². The third kappa shape index (κ3) is 3.61. The molecule has 0 bridgehead atoms. The van der Waals surface area contributed by atoms with E-state index in [1.165, 1.54) is 24.8 Å². The zero-order valence-corrected chi connectivity index (χ0v) is 21.3. The van der Waals surface area contributed by atoms with E-state index in [-0.39, 0.29) is 16.9 Å². The number of nitrogens with zero attached hydrogens (tertiary/aromatic N) is 3. The second kappa shape index (κ2) is 8.55. The number of carbonyl (C=O) groups excluding carboxylic acids is 1. The van der Waals surface area contributed by atoms with Crippen molar-refractivity contribution in [1.29, 1.82) is 0 Å². The maximum atomic E-state index is 12.1. The Kier molecular flexibility index (Phi) is 5.99. The van der Waals surface area contributed by atoms with E-state index in [1.807, 2.05) is 36.4 Å². The predicted molar refractivity (Wildman–Crippen MR) is 133 cm³/mol. The number of azide groups is 1. The number of hydrogen-bond donors (Lipinski definition) is 0. The van der Waals surface area contributed by atoms with Gasteiger partial charge in [-0.05, 0) is 90.7 Å². The molecule has 0 aromatic heterocycles. The second-order valence-electron chi connectivity index (χ2n) is 11.2. The van der Waals surface area contributed by atoms with Crippen LogP contribution in [-0.2, 0) is 15.3 Å². The Morgan fingerprint density at radius 2 is 1.91 bits per heavy atom. The SMILES string of the molecule is C[C@]12CC[C@H]3[C@@H](CCC4=CC(=O)CC[C@@]43C)[C@@H]1CC[C@@H]2OC(CBr)(N=[N+]=[N-])c1ccccc1. The number of carbonyl (C=O) groups is 1. The number of fused-ring (bicyclic) bond motifs is 5. The third-order valence-electron chi connectivity index (χ3n) is 9.82. The molecule has 1 aromatic rings. The molecule has 5 rings (SSSR count). The summed E-state index contributed by atoms with van der Waals surface area (Å²) in [4.78, 5) is 15.3. The van der Waals surface area contributed by atoms with Crippen molar-refractivity contribution in [3.05, 3.63) is 58.0 Å². The highest BCUT2D eigenvalue weighted by Crippen LogP contribution is 2.66. The van der Waals surface area contributed by atoms with Crippen molar-refractivity contribution in [2.24, 2.45) is 33.7 Å². The van der Waals surface area contributed by atoms with Crippen molar-refractivity contribution >= 4 is 21.7 Å². The van der Waals surface area contributed by atoms with E-state index < -0.39 is 5.72 Å². The minimum Gasteiger partial charge on any atom is -0.359 e. The summed E-state index contributed by atoms with van der Waals surface area (Å²) in [5.74, 6) is 2.28. The minimum absolute atomic E-state index is 0.0596. The molecule has 0 amide bonds. The highest BCUT2D eigenvalue weighted by Gasteiger charge is 2.60. The van der Waals surface area contributed by atoms with Gasteiger partial charge in [0.15, 0.2) is 11.5 Å². The first-order chi connectivity index (χ1) is 15.9. The summed E-state index contributed by atoms with van der Waals surface area (Å²) in [5, 5.41) is 4.63. The van der Waals surface area contributed by atoms with Gasteiger partial charge in [-0.15, -0.1) is 0 Å². The summed E-state index contributed by atoms with van der Waals surface area (Å²) in [6.45, 7) is 4.85.